The van der Waals surface area contributed by atoms with Gasteiger partial charge in [-0.25, -0.2) is 0 Å². The van der Waals surface area contributed by atoms with Crippen LogP contribution in [0, 0.1) is 26.7 Å². The van der Waals surface area contributed by atoms with Gasteiger partial charge in [0.05, 0.1) is 0 Å². The first-order valence-corrected chi connectivity index (χ1v) is 8.72. The first-order valence-electron chi connectivity index (χ1n) is 7.23. The van der Waals surface area contributed by atoms with Crippen LogP contribution < -0.4 is 0 Å². The molecule has 20 heavy (non-hydrogen) atoms. The number of hydrogen-bond acceptors (Lipinski definition) is 2. The topological polar surface area (TPSA) is 34.1 Å². The number of aryl methyl sites for hydroxylation is 2. The predicted molar refractivity (Wildman–Crippen MR) is 86.8 cm³/mol. The Bertz CT molecular complexity index is 532. The molecule has 0 aromatic heterocycles. The summed E-state index contributed by atoms with van der Waals surface area (Å²) >= 11 is 0. The Kier molecular flexibility index (Phi) is 6.12. The molecule has 0 saturated carbocycles. The molecule has 2 nitrogen and oxygen atoms in total. The van der Waals surface area contributed by atoms with Crippen LogP contribution >= 0.6 is 0 Å². The van der Waals surface area contributed by atoms with Gasteiger partial charge in [-0.2, -0.15) is 0 Å². The zero-order chi connectivity index (χ0) is 15.4. The monoisotopic (exact) mass is 294 g/mol. The van der Waals surface area contributed by atoms with Crippen molar-refractivity contribution in [2.75, 3.05) is 5.75 Å². The molecule has 0 fully saturated rings. The van der Waals surface area contributed by atoms with Gasteiger partial charge in [-0.05, 0) is 55.9 Å². The molecule has 0 spiro atoms. The minimum atomic E-state index is -0.861. The summed E-state index contributed by atoms with van der Waals surface area (Å²) in [7, 11) is -0.861. The smallest absolute Gasteiger partial charge is 0.160 e. The summed E-state index contributed by atoms with van der Waals surface area (Å²) in [6.45, 7) is 11.8. The van der Waals surface area contributed by atoms with Crippen LogP contribution in [-0.2, 0) is 16.6 Å². The van der Waals surface area contributed by atoms with E-state index in [0.29, 0.717) is 11.7 Å². The van der Waals surface area contributed by atoms with Crippen molar-refractivity contribution in [3.05, 3.63) is 33.9 Å². The number of Topliss-reactive ketones (excluding diaryl/α,β-unsaturated/α-hetero) is 1. The third-order valence-corrected chi connectivity index (χ3v) is 5.51. The van der Waals surface area contributed by atoms with Crippen molar-refractivity contribution in [2.24, 2.45) is 5.92 Å². The van der Waals surface area contributed by atoms with Gasteiger partial charge in [0.2, 0.25) is 0 Å². The van der Waals surface area contributed by atoms with Crippen LogP contribution in [0.25, 0.3) is 0 Å². The second-order valence-electron chi connectivity index (χ2n) is 5.81. The third-order valence-electron chi connectivity index (χ3n) is 3.96. The highest BCUT2D eigenvalue weighted by Gasteiger charge is 2.16. The quantitative estimate of drug-likeness (QED) is 0.740. The van der Waals surface area contributed by atoms with Gasteiger partial charge in [0.15, 0.2) is 5.78 Å². The van der Waals surface area contributed by atoms with E-state index in [2.05, 4.69) is 13.8 Å². The summed E-state index contributed by atoms with van der Waals surface area (Å²) in [5.41, 5.74) is 5.05. The lowest BCUT2D eigenvalue weighted by Crippen LogP contribution is -2.12. The summed E-state index contributed by atoms with van der Waals surface area (Å²) in [5.74, 6) is 1.87. The first-order chi connectivity index (χ1) is 9.27. The Hall–Kier alpha value is -0.960. The maximum atomic E-state index is 12.3. The van der Waals surface area contributed by atoms with Crippen LogP contribution in [0.15, 0.2) is 6.07 Å². The van der Waals surface area contributed by atoms with Crippen LogP contribution in [0.1, 0.15) is 59.8 Å². The van der Waals surface area contributed by atoms with E-state index in [1.165, 1.54) is 0 Å². The fourth-order valence-electron chi connectivity index (χ4n) is 2.65. The lowest BCUT2D eigenvalue weighted by atomic mass is 9.92. The molecule has 0 bridgehead atoms. The molecule has 0 amide bonds. The Morgan fingerprint density at radius 2 is 1.85 bits per heavy atom. The van der Waals surface area contributed by atoms with E-state index in [9.17, 15) is 9.00 Å². The van der Waals surface area contributed by atoms with E-state index in [-0.39, 0.29) is 5.78 Å². The number of carbonyl (C=O) groups excluding carboxylic acids is 1. The van der Waals surface area contributed by atoms with Crippen LogP contribution in [0.4, 0.5) is 0 Å². The van der Waals surface area contributed by atoms with E-state index in [1.807, 2.05) is 26.8 Å². The molecule has 0 heterocycles. The van der Waals surface area contributed by atoms with Gasteiger partial charge in [-0.1, -0.05) is 26.3 Å². The van der Waals surface area contributed by atoms with Crippen molar-refractivity contribution in [3.8, 4) is 0 Å². The standard InChI is InChI=1S/C17H26O2S/c1-7-11(2)9-20(19)10-16-12(3)8-13(4)17(14(16)5)15(6)18/h8,11H,7,9-10H2,1-6H3/t11-,20-/m0/s1. The van der Waals surface area contributed by atoms with Crippen LogP contribution in [0.5, 0.6) is 0 Å². The zero-order valence-electron chi connectivity index (χ0n) is 13.5. The molecule has 0 aliphatic heterocycles. The molecule has 0 radical (unpaired) electrons. The Labute approximate surface area is 125 Å². The van der Waals surface area contributed by atoms with Gasteiger partial charge in [0.1, 0.15) is 0 Å². The highest BCUT2D eigenvalue weighted by molar-refractivity contribution is 7.84. The van der Waals surface area contributed by atoms with Crippen LogP contribution in [0.2, 0.25) is 0 Å². The lowest BCUT2D eigenvalue weighted by molar-refractivity contribution is 0.101. The Balaban J connectivity index is 3.10. The molecule has 0 aliphatic rings. The van der Waals surface area contributed by atoms with Gasteiger partial charge in [-0.3, -0.25) is 9.00 Å². The highest BCUT2D eigenvalue weighted by atomic mass is 32.2. The van der Waals surface area contributed by atoms with Gasteiger partial charge in [-0.15, -0.1) is 0 Å². The van der Waals surface area contributed by atoms with Crippen molar-refractivity contribution in [1.29, 1.82) is 0 Å². The lowest BCUT2D eigenvalue weighted by Gasteiger charge is -2.16. The molecule has 2 atom stereocenters. The molecule has 0 unspecified atom stereocenters. The molecule has 0 aliphatic carbocycles. The largest absolute Gasteiger partial charge is 0.294 e. The van der Waals surface area contributed by atoms with E-state index in [0.717, 1.165) is 40.0 Å². The fourth-order valence-corrected chi connectivity index (χ4v) is 4.40. The Morgan fingerprint density at radius 1 is 1.25 bits per heavy atom. The van der Waals surface area contributed by atoms with Gasteiger partial charge >= 0.3 is 0 Å². The molecule has 1 aromatic rings. The zero-order valence-corrected chi connectivity index (χ0v) is 14.3. The Morgan fingerprint density at radius 3 is 2.35 bits per heavy atom. The normalized spacial score (nSPS) is 14.1. The average molecular weight is 294 g/mol. The second-order valence-corrected chi connectivity index (χ2v) is 7.31. The minimum absolute atomic E-state index is 0.0916. The summed E-state index contributed by atoms with van der Waals surface area (Å²) in [6.07, 6.45) is 1.05. The van der Waals surface area contributed by atoms with Crippen molar-refractivity contribution in [2.45, 2.75) is 53.7 Å². The predicted octanol–water partition coefficient (Wildman–Crippen LogP) is 4.11. The summed E-state index contributed by atoms with van der Waals surface area (Å²) in [6, 6.07) is 2.04. The molecular weight excluding hydrogens is 268 g/mol. The molecule has 1 rings (SSSR count). The van der Waals surface area contributed by atoms with Crippen LogP contribution in [0.3, 0.4) is 0 Å². The number of rotatable bonds is 6. The van der Waals surface area contributed by atoms with E-state index >= 15 is 0 Å². The van der Waals surface area contributed by atoms with Crippen molar-refractivity contribution in [3.63, 3.8) is 0 Å². The SMILES string of the molecule is CC[C@H](C)C[S@](=O)Cc1c(C)cc(C)c(C(C)=O)c1C. The summed E-state index contributed by atoms with van der Waals surface area (Å²) in [4.78, 5) is 11.8. The van der Waals surface area contributed by atoms with E-state index < -0.39 is 10.8 Å². The number of benzene rings is 1. The number of hydrogen-bond donors (Lipinski definition) is 0. The number of carbonyl (C=O) groups is 1. The molecular formula is C17H26O2S. The van der Waals surface area contributed by atoms with E-state index in [4.69, 9.17) is 0 Å². The highest BCUT2D eigenvalue weighted by Crippen LogP contribution is 2.24. The molecule has 112 valence electrons. The summed E-state index contributed by atoms with van der Waals surface area (Å²) in [5, 5.41) is 0. The molecule has 0 N–H and O–H groups in total. The van der Waals surface area contributed by atoms with Gasteiger partial charge < -0.3 is 0 Å². The first kappa shape index (κ1) is 17.1. The van der Waals surface area contributed by atoms with E-state index in [1.54, 1.807) is 6.92 Å². The minimum Gasteiger partial charge on any atom is -0.294 e. The van der Waals surface area contributed by atoms with Crippen LogP contribution in [-0.4, -0.2) is 15.7 Å². The maximum absolute atomic E-state index is 12.3. The average Bonchev–Trinajstić information content (AvgIpc) is 2.33. The third kappa shape index (κ3) is 4.02. The van der Waals surface area contributed by atoms with Gasteiger partial charge in [0, 0.05) is 27.9 Å². The van der Waals surface area contributed by atoms with Gasteiger partial charge in [0.25, 0.3) is 0 Å². The fraction of sp³-hybridized carbons (Fsp3) is 0.588. The van der Waals surface area contributed by atoms with Crippen molar-refractivity contribution in [1.82, 2.24) is 0 Å². The van der Waals surface area contributed by atoms with Crippen molar-refractivity contribution >= 4 is 16.6 Å². The molecule has 1 aromatic carbocycles. The molecule has 3 heteroatoms. The maximum Gasteiger partial charge on any atom is 0.160 e. The summed E-state index contributed by atoms with van der Waals surface area (Å²) < 4.78 is 12.3. The molecule has 0 saturated heterocycles. The second kappa shape index (κ2) is 7.16. The van der Waals surface area contributed by atoms with Crippen molar-refractivity contribution < 1.29 is 9.00 Å². The number of ketones is 1.